The van der Waals surface area contributed by atoms with Crippen molar-refractivity contribution in [1.29, 1.82) is 0 Å². The Balaban J connectivity index is 4.08. The van der Waals surface area contributed by atoms with Gasteiger partial charge in [0.05, 0.1) is 34.4 Å². The fourth-order valence-electron chi connectivity index (χ4n) is 8.17. The van der Waals surface area contributed by atoms with Crippen LogP contribution < -0.4 is 0 Å². The molecule has 9 heteroatoms. The number of nitrogens with zero attached hydrogens (tertiary/aromatic N) is 1. The highest BCUT2D eigenvalue weighted by Gasteiger charge is 2.26. The molecule has 0 aromatic heterocycles. The maximum atomic E-state index is 12.8. The minimum atomic E-state index is -4.29. The van der Waals surface area contributed by atoms with Crippen LogP contribution in [0.1, 0.15) is 258 Å². The van der Waals surface area contributed by atoms with Crippen LogP contribution in [0.5, 0.6) is 0 Å². The van der Waals surface area contributed by atoms with E-state index >= 15 is 0 Å². The van der Waals surface area contributed by atoms with Gasteiger partial charge in [0.15, 0.2) is 0 Å². The summed E-state index contributed by atoms with van der Waals surface area (Å²) in [5, 5.41) is 0. The van der Waals surface area contributed by atoms with Gasteiger partial charge in [0.25, 0.3) is 0 Å². The standard InChI is InChI=1S/C60H112NO7P/c1-6-8-10-12-14-16-18-20-22-24-26-28-30-31-32-33-35-37-39-41-43-45-47-49-51-53-60(62)68-59(58-67-69(63,64)66-56-54-61(3,4)5)57-65-55-52-50-48-46-44-42-40-38-36-34-29-27-25-23-21-19-17-15-13-11-9-7-2/h9,11,15,17,21,23,27,29,36,38,59H,6-8,10,12-14,16,18-20,22,24-26,28,30-35,37,39-58H2,1-5H3/p+1/b11-9-,17-15-,23-21-,29-27-,38-36-. The van der Waals surface area contributed by atoms with Crippen LogP contribution in [0.3, 0.4) is 0 Å². The van der Waals surface area contributed by atoms with E-state index < -0.39 is 13.9 Å². The number of hydrogen-bond donors (Lipinski definition) is 1. The molecule has 0 spiro atoms. The molecule has 404 valence electrons. The van der Waals surface area contributed by atoms with Crippen LogP contribution in [0.25, 0.3) is 0 Å². The van der Waals surface area contributed by atoms with Gasteiger partial charge in [0.1, 0.15) is 19.3 Å². The smallest absolute Gasteiger partial charge is 0.457 e. The van der Waals surface area contributed by atoms with Crippen molar-refractivity contribution >= 4 is 13.8 Å². The van der Waals surface area contributed by atoms with Gasteiger partial charge in [-0.2, -0.15) is 0 Å². The van der Waals surface area contributed by atoms with Crippen LogP contribution in [0.15, 0.2) is 60.8 Å². The zero-order chi connectivity index (χ0) is 50.5. The van der Waals surface area contributed by atoms with Crippen molar-refractivity contribution in [2.75, 3.05) is 54.1 Å². The highest BCUT2D eigenvalue weighted by molar-refractivity contribution is 7.47. The van der Waals surface area contributed by atoms with Gasteiger partial charge in [0.2, 0.25) is 0 Å². The first-order valence-corrected chi connectivity index (χ1v) is 30.5. The molecule has 0 aliphatic heterocycles. The average molecular weight is 992 g/mol. The van der Waals surface area contributed by atoms with Crippen LogP contribution in [0, 0.1) is 0 Å². The maximum Gasteiger partial charge on any atom is 0.472 e. The Labute approximate surface area is 428 Å². The summed E-state index contributed by atoms with van der Waals surface area (Å²) >= 11 is 0. The number of carbonyl (C=O) groups is 1. The summed E-state index contributed by atoms with van der Waals surface area (Å²) in [7, 11) is 1.66. The van der Waals surface area contributed by atoms with Crippen LogP contribution in [-0.4, -0.2) is 75.6 Å². The Morgan fingerprint density at radius 3 is 1.26 bits per heavy atom. The Hall–Kier alpha value is -1.80. The van der Waals surface area contributed by atoms with E-state index in [-0.39, 0.29) is 25.8 Å². The quantitative estimate of drug-likeness (QED) is 0.0213. The summed E-state index contributed by atoms with van der Waals surface area (Å²) in [6, 6.07) is 0. The largest absolute Gasteiger partial charge is 0.472 e. The zero-order valence-corrected chi connectivity index (χ0v) is 46.9. The van der Waals surface area contributed by atoms with Crippen molar-refractivity contribution in [1.82, 2.24) is 0 Å². The van der Waals surface area contributed by atoms with Crippen LogP contribution in [0.2, 0.25) is 0 Å². The van der Waals surface area contributed by atoms with Crippen LogP contribution in [0.4, 0.5) is 0 Å². The number of phosphoric ester groups is 1. The van der Waals surface area contributed by atoms with Crippen molar-refractivity contribution in [3.05, 3.63) is 60.8 Å². The van der Waals surface area contributed by atoms with Crippen molar-refractivity contribution in [3.63, 3.8) is 0 Å². The first kappa shape index (κ1) is 67.2. The second-order valence-corrected chi connectivity index (χ2v) is 22.1. The molecule has 0 rings (SSSR count). The number of ether oxygens (including phenoxy) is 2. The van der Waals surface area contributed by atoms with E-state index in [2.05, 4.69) is 74.6 Å². The first-order chi connectivity index (χ1) is 33.6. The van der Waals surface area contributed by atoms with Crippen LogP contribution >= 0.6 is 7.82 Å². The second kappa shape index (κ2) is 52.5. The molecule has 1 N–H and O–H groups in total. The van der Waals surface area contributed by atoms with Gasteiger partial charge >= 0.3 is 13.8 Å². The summed E-state index contributed by atoms with van der Waals surface area (Å²) in [4.78, 5) is 23.1. The van der Waals surface area contributed by atoms with Crippen molar-refractivity contribution in [2.24, 2.45) is 0 Å². The topological polar surface area (TPSA) is 91.3 Å². The number of unbranched alkanes of at least 4 members (excludes halogenated alkanes) is 30. The van der Waals surface area contributed by atoms with E-state index in [1.165, 1.54) is 161 Å². The predicted octanol–water partition coefficient (Wildman–Crippen LogP) is 18.4. The monoisotopic (exact) mass is 991 g/mol. The highest BCUT2D eigenvalue weighted by atomic mass is 31.2. The fraction of sp³-hybridized carbons (Fsp3) is 0.817. The number of hydrogen-bond acceptors (Lipinski definition) is 6. The molecule has 0 bridgehead atoms. The van der Waals surface area contributed by atoms with E-state index in [0.717, 1.165) is 77.0 Å². The Kier molecular flexibility index (Phi) is 51.2. The van der Waals surface area contributed by atoms with Gasteiger partial charge in [-0.1, -0.05) is 254 Å². The molecule has 0 fully saturated rings. The molecule has 69 heavy (non-hydrogen) atoms. The molecule has 2 unspecified atom stereocenters. The van der Waals surface area contributed by atoms with Gasteiger partial charge in [-0.3, -0.25) is 13.8 Å². The Morgan fingerprint density at radius 2 is 0.841 bits per heavy atom. The van der Waals surface area contributed by atoms with Gasteiger partial charge < -0.3 is 18.9 Å². The number of likely N-dealkylation sites (N-methyl/N-ethyl adjacent to an activating group) is 1. The van der Waals surface area contributed by atoms with Gasteiger partial charge in [0, 0.05) is 13.0 Å². The van der Waals surface area contributed by atoms with Gasteiger partial charge in [-0.15, -0.1) is 0 Å². The lowest BCUT2D eigenvalue weighted by molar-refractivity contribution is -0.870. The van der Waals surface area contributed by atoms with E-state index in [1.54, 1.807) is 0 Å². The zero-order valence-electron chi connectivity index (χ0n) is 46.0. The normalized spacial score (nSPS) is 13.9. The molecule has 0 amide bonds. The van der Waals surface area contributed by atoms with E-state index in [0.29, 0.717) is 24.1 Å². The van der Waals surface area contributed by atoms with E-state index in [4.69, 9.17) is 18.5 Å². The van der Waals surface area contributed by atoms with Crippen LogP contribution in [-0.2, 0) is 27.9 Å². The minimum Gasteiger partial charge on any atom is -0.457 e. The Bertz CT molecular complexity index is 1290. The number of carbonyl (C=O) groups excluding carboxylic acids is 1. The van der Waals surface area contributed by atoms with E-state index in [1.807, 2.05) is 21.1 Å². The van der Waals surface area contributed by atoms with E-state index in [9.17, 15) is 14.3 Å². The summed E-state index contributed by atoms with van der Waals surface area (Å²) in [5.41, 5.74) is 0. The second-order valence-electron chi connectivity index (χ2n) is 20.7. The summed E-state index contributed by atoms with van der Waals surface area (Å²) in [6.07, 6.45) is 68.6. The fourth-order valence-corrected chi connectivity index (χ4v) is 8.91. The third-order valence-electron chi connectivity index (χ3n) is 12.6. The first-order valence-electron chi connectivity index (χ1n) is 29.0. The highest BCUT2D eigenvalue weighted by Crippen LogP contribution is 2.43. The molecule has 0 heterocycles. The lowest BCUT2D eigenvalue weighted by atomic mass is 10.0. The Morgan fingerprint density at radius 1 is 0.464 bits per heavy atom. The molecule has 0 aliphatic carbocycles. The molecular formula is C60H113NO7P+. The summed E-state index contributed by atoms with van der Waals surface area (Å²) in [5.74, 6) is -0.315. The summed E-state index contributed by atoms with van der Waals surface area (Å²) in [6.45, 7) is 5.51. The number of rotatable bonds is 54. The molecule has 0 aliphatic rings. The number of quaternary nitrogens is 1. The lowest BCUT2D eigenvalue weighted by Crippen LogP contribution is -2.37. The average Bonchev–Trinajstić information content (AvgIpc) is 3.31. The number of phosphoric acid groups is 1. The number of esters is 1. The van der Waals surface area contributed by atoms with Crippen molar-refractivity contribution in [3.8, 4) is 0 Å². The predicted molar refractivity (Wildman–Crippen MR) is 298 cm³/mol. The molecule has 8 nitrogen and oxygen atoms in total. The molecule has 0 radical (unpaired) electrons. The molecule has 0 aromatic rings. The lowest BCUT2D eigenvalue weighted by Gasteiger charge is -2.24. The minimum absolute atomic E-state index is 0.0845. The molecule has 0 saturated heterocycles. The van der Waals surface area contributed by atoms with Crippen molar-refractivity contribution in [2.45, 2.75) is 264 Å². The third kappa shape index (κ3) is 57.0. The molecule has 0 aromatic carbocycles. The van der Waals surface area contributed by atoms with Crippen molar-refractivity contribution < 1.29 is 37.3 Å². The summed E-state index contributed by atoms with van der Waals surface area (Å²) < 4.78 is 35.3. The number of allylic oxidation sites excluding steroid dienone is 10. The molecule has 2 atom stereocenters. The third-order valence-corrected chi connectivity index (χ3v) is 13.6. The van der Waals surface area contributed by atoms with Gasteiger partial charge in [-0.05, 0) is 57.8 Å². The van der Waals surface area contributed by atoms with Gasteiger partial charge in [-0.25, -0.2) is 4.57 Å². The SMILES string of the molecule is CC/C=C\C/C=C\C/C=C\C/C=C\C/C=C\CCCCCCCCOCC(COP(=O)(O)OCC[N+](C)(C)C)OC(=O)CCCCCCCCCCCCCCCCCCCCCCCCCCC. The molecule has 0 saturated carbocycles. The maximum absolute atomic E-state index is 12.8. The molecular weight excluding hydrogens is 878 g/mol.